The van der Waals surface area contributed by atoms with Crippen LogP contribution in [0.15, 0.2) is 24.3 Å². The van der Waals surface area contributed by atoms with E-state index in [0.717, 1.165) is 31.8 Å². The van der Waals surface area contributed by atoms with Gasteiger partial charge in [-0.3, -0.25) is 0 Å². The summed E-state index contributed by atoms with van der Waals surface area (Å²) in [4.78, 5) is 2.69. The summed E-state index contributed by atoms with van der Waals surface area (Å²) in [5.74, 6) is 1.46. The summed E-state index contributed by atoms with van der Waals surface area (Å²) in [5.41, 5.74) is 2.57. The Morgan fingerprint density at radius 3 is 2.23 bits per heavy atom. The van der Waals surface area contributed by atoms with Gasteiger partial charge < -0.3 is 14.7 Å². The molecule has 1 aromatic carbocycles. The fourth-order valence-corrected chi connectivity index (χ4v) is 7.04. The van der Waals surface area contributed by atoms with Crippen LogP contribution in [-0.2, 0) is 10.2 Å². The van der Waals surface area contributed by atoms with Crippen LogP contribution in [0.3, 0.4) is 0 Å². The number of aliphatic hydroxyl groups excluding tert-OH is 1. The molecule has 0 aromatic heterocycles. The van der Waals surface area contributed by atoms with Crippen LogP contribution >= 0.6 is 0 Å². The first-order chi connectivity index (χ1) is 14.8. The van der Waals surface area contributed by atoms with Crippen LogP contribution in [0.5, 0.6) is 0 Å². The Morgan fingerprint density at radius 1 is 0.867 bits per heavy atom. The summed E-state index contributed by atoms with van der Waals surface area (Å²) in [6.45, 7) is 3.46. The molecule has 0 amide bonds. The van der Waals surface area contributed by atoms with Gasteiger partial charge in [0, 0.05) is 12.0 Å². The highest BCUT2D eigenvalue weighted by Gasteiger charge is 2.50. The lowest BCUT2D eigenvalue weighted by molar-refractivity contribution is -0.212. The van der Waals surface area contributed by atoms with Crippen molar-refractivity contribution in [3.05, 3.63) is 35.4 Å². The second-order valence-corrected chi connectivity index (χ2v) is 10.7. The Balaban J connectivity index is 1.29. The number of fused-ring (bicyclic) bond motifs is 2. The number of piperidine rings is 1. The molecule has 1 aromatic rings. The lowest BCUT2D eigenvalue weighted by Crippen LogP contribution is -2.54. The number of nitrogens with zero attached hydrogens (tertiary/aromatic N) is 1. The monoisotopic (exact) mass is 411 g/mol. The van der Waals surface area contributed by atoms with Gasteiger partial charge >= 0.3 is 0 Å². The number of benzene rings is 1. The summed E-state index contributed by atoms with van der Waals surface area (Å²) < 4.78 is 6.44. The molecule has 5 rings (SSSR count). The molecule has 4 aliphatic rings. The van der Waals surface area contributed by atoms with E-state index < -0.39 is 6.29 Å². The van der Waals surface area contributed by atoms with Crippen LogP contribution in [0.4, 0.5) is 0 Å². The van der Waals surface area contributed by atoms with Gasteiger partial charge in [0.15, 0.2) is 6.29 Å². The molecule has 166 valence electrons. The maximum atomic E-state index is 11.3. The Morgan fingerprint density at radius 2 is 1.50 bits per heavy atom. The van der Waals surface area contributed by atoms with Gasteiger partial charge in [-0.25, -0.2) is 0 Å². The fourth-order valence-electron chi connectivity index (χ4n) is 7.04. The van der Waals surface area contributed by atoms with Gasteiger partial charge in [-0.15, -0.1) is 0 Å². The number of rotatable bonds is 3. The molecule has 3 heteroatoms. The van der Waals surface area contributed by atoms with E-state index in [1.165, 1.54) is 88.3 Å². The average molecular weight is 412 g/mol. The minimum Gasteiger partial charge on any atom is -0.367 e. The molecule has 2 unspecified atom stereocenters. The third-order valence-corrected chi connectivity index (χ3v) is 8.87. The number of likely N-dealkylation sites (tertiary alicyclic amines) is 1. The third kappa shape index (κ3) is 4.10. The molecule has 3 fully saturated rings. The molecule has 2 saturated carbocycles. The number of ether oxygens (including phenoxy) is 1. The number of hydrogen-bond acceptors (Lipinski definition) is 3. The zero-order valence-corrected chi connectivity index (χ0v) is 18.7. The molecule has 2 aliphatic heterocycles. The molecule has 3 nitrogen and oxygen atoms in total. The van der Waals surface area contributed by atoms with E-state index in [4.69, 9.17) is 4.74 Å². The first-order valence-electron chi connectivity index (χ1n) is 12.9. The van der Waals surface area contributed by atoms with Gasteiger partial charge in [0.2, 0.25) is 0 Å². The van der Waals surface area contributed by atoms with Crippen molar-refractivity contribution in [3.63, 3.8) is 0 Å². The van der Waals surface area contributed by atoms with Crippen molar-refractivity contribution in [1.82, 2.24) is 4.90 Å². The van der Waals surface area contributed by atoms with Crippen molar-refractivity contribution in [2.24, 2.45) is 11.8 Å². The van der Waals surface area contributed by atoms with E-state index >= 15 is 0 Å². The Labute approximate surface area is 183 Å². The lowest BCUT2D eigenvalue weighted by atomic mass is 9.67. The maximum absolute atomic E-state index is 11.3. The minimum absolute atomic E-state index is 0.0947. The fraction of sp³-hybridized carbons (Fsp3) is 0.778. The highest BCUT2D eigenvalue weighted by Crippen LogP contribution is 2.51. The summed E-state index contributed by atoms with van der Waals surface area (Å²) in [7, 11) is 0. The molecule has 0 bridgehead atoms. The molecule has 2 atom stereocenters. The molecule has 2 aliphatic carbocycles. The normalized spacial score (nSPS) is 31.4. The van der Waals surface area contributed by atoms with Crippen molar-refractivity contribution >= 4 is 0 Å². The predicted octanol–water partition coefficient (Wildman–Crippen LogP) is 5.96. The van der Waals surface area contributed by atoms with E-state index in [-0.39, 0.29) is 11.5 Å². The summed E-state index contributed by atoms with van der Waals surface area (Å²) >= 11 is 0. The van der Waals surface area contributed by atoms with Crippen LogP contribution in [0.1, 0.15) is 101 Å². The quantitative estimate of drug-likeness (QED) is 0.666. The topological polar surface area (TPSA) is 32.7 Å². The summed E-state index contributed by atoms with van der Waals surface area (Å²) in [5, 5.41) is 11.3. The molecule has 30 heavy (non-hydrogen) atoms. The number of hydrogen-bond donors (Lipinski definition) is 1. The van der Waals surface area contributed by atoms with Gasteiger partial charge in [0.1, 0.15) is 0 Å². The van der Waals surface area contributed by atoms with Gasteiger partial charge in [-0.1, -0.05) is 69.2 Å². The first kappa shape index (κ1) is 21.0. The SMILES string of the molecule is OC1OC(C2CCCC2)c2ccccc2C12CCN(CC1CCCCCCC1)CC2. The van der Waals surface area contributed by atoms with Gasteiger partial charge in [-0.05, 0) is 74.6 Å². The largest absolute Gasteiger partial charge is 0.367 e. The van der Waals surface area contributed by atoms with Crippen molar-refractivity contribution in [2.75, 3.05) is 19.6 Å². The maximum Gasteiger partial charge on any atom is 0.165 e. The smallest absolute Gasteiger partial charge is 0.165 e. The van der Waals surface area contributed by atoms with Crippen LogP contribution in [0.2, 0.25) is 0 Å². The molecular formula is C27H41NO2. The van der Waals surface area contributed by atoms with Crippen molar-refractivity contribution in [1.29, 1.82) is 0 Å². The van der Waals surface area contributed by atoms with Crippen molar-refractivity contribution in [2.45, 2.75) is 101 Å². The van der Waals surface area contributed by atoms with Gasteiger partial charge in [0.05, 0.1) is 6.10 Å². The average Bonchev–Trinajstić information content (AvgIpc) is 3.29. The van der Waals surface area contributed by atoms with E-state index in [9.17, 15) is 5.11 Å². The van der Waals surface area contributed by atoms with Crippen LogP contribution < -0.4 is 0 Å². The second-order valence-electron chi connectivity index (χ2n) is 10.7. The predicted molar refractivity (Wildman–Crippen MR) is 121 cm³/mol. The van der Waals surface area contributed by atoms with Gasteiger partial charge in [0.25, 0.3) is 0 Å². The molecule has 0 radical (unpaired) electrons. The zero-order chi connectivity index (χ0) is 20.4. The molecule has 1 spiro atoms. The summed E-state index contributed by atoms with van der Waals surface area (Å²) in [6.07, 6.45) is 16.6. The Kier molecular flexibility index (Phi) is 6.50. The Hall–Kier alpha value is -0.900. The molecule has 2 heterocycles. The Bertz CT molecular complexity index is 682. The van der Waals surface area contributed by atoms with Crippen LogP contribution in [0.25, 0.3) is 0 Å². The van der Waals surface area contributed by atoms with E-state index in [2.05, 4.69) is 29.2 Å². The standard InChI is InChI=1S/C27H41NO2/c29-26-27(16-18-28(19-17-27)20-21-10-4-2-1-3-5-11-21)24-15-9-8-14-23(24)25(30-26)22-12-6-7-13-22/h8-9,14-15,21-22,25-26,29H,1-7,10-13,16-20H2. The molecule has 1 N–H and O–H groups in total. The van der Waals surface area contributed by atoms with Gasteiger partial charge in [-0.2, -0.15) is 0 Å². The highest BCUT2D eigenvalue weighted by molar-refractivity contribution is 5.40. The third-order valence-electron chi connectivity index (χ3n) is 8.87. The minimum atomic E-state index is -0.651. The van der Waals surface area contributed by atoms with E-state index in [1.54, 1.807) is 0 Å². The lowest BCUT2D eigenvalue weighted by Gasteiger charge is -2.50. The van der Waals surface area contributed by atoms with Crippen LogP contribution in [0, 0.1) is 11.8 Å². The van der Waals surface area contributed by atoms with E-state index in [1.807, 2.05) is 0 Å². The summed E-state index contributed by atoms with van der Waals surface area (Å²) in [6, 6.07) is 8.92. The molecule has 1 saturated heterocycles. The number of aliphatic hydroxyl groups is 1. The van der Waals surface area contributed by atoms with E-state index in [0.29, 0.717) is 5.92 Å². The molecular weight excluding hydrogens is 370 g/mol. The first-order valence-corrected chi connectivity index (χ1v) is 12.9. The second kappa shape index (κ2) is 9.30. The van der Waals surface area contributed by atoms with Crippen molar-refractivity contribution < 1.29 is 9.84 Å². The van der Waals surface area contributed by atoms with Crippen LogP contribution in [-0.4, -0.2) is 35.9 Å². The highest BCUT2D eigenvalue weighted by atomic mass is 16.6. The zero-order valence-electron chi connectivity index (χ0n) is 18.7. The van der Waals surface area contributed by atoms with Crippen molar-refractivity contribution in [3.8, 4) is 0 Å².